The highest BCUT2D eigenvalue weighted by atomic mass is 16.2. The van der Waals surface area contributed by atoms with Crippen LogP contribution in [0.3, 0.4) is 0 Å². The molecule has 2 fully saturated rings. The topological polar surface area (TPSA) is 79.8 Å². The van der Waals surface area contributed by atoms with Gasteiger partial charge in [-0.05, 0) is 43.9 Å². The summed E-state index contributed by atoms with van der Waals surface area (Å²) in [5, 5.41) is 12.6. The molecule has 3 rings (SSSR count). The second kappa shape index (κ2) is 5.31. The van der Waals surface area contributed by atoms with Crippen molar-refractivity contribution >= 4 is 5.82 Å². The van der Waals surface area contributed by atoms with E-state index in [0.717, 1.165) is 16.4 Å². The van der Waals surface area contributed by atoms with Crippen LogP contribution in [0.25, 0.3) is 0 Å². The van der Waals surface area contributed by atoms with Crippen molar-refractivity contribution in [1.82, 2.24) is 9.13 Å². The SMILES string of the molecule is CC(Nc1c(C#N)c(=O)n(C)c(=O)n1C)C1CC2CCC1C2. The monoisotopic (exact) mass is 302 g/mol. The van der Waals surface area contributed by atoms with Gasteiger partial charge in [-0.2, -0.15) is 5.26 Å². The van der Waals surface area contributed by atoms with Crippen molar-refractivity contribution in [3.8, 4) is 6.07 Å². The largest absolute Gasteiger partial charge is 0.367 e. The van der Waals surface area contributed by atoms with Crippen LogP contribution in [0.1, 0.15) is 38.2 Å². The van der Waals surface area contributed by atoms with Gasteiger partial charge in [0.25, 0.3) is 5.56 Å². The Morgan fingerprint density at radius 1 is 1.23 bits per heavy atom. The molecule has 1 N–H and O–H groups in total. The average Bonchev–Trinajstić information content (AvgIpc) is 3.13. The Morgan fingerprint density at radius 3 is 2.50 bits per heavy atom. The standard InChI is InChI=1S/C16H22N4O2/c1-9(12-7-10-4-5-11(12)6-10)18-14-13(8-17)15(21)20(3)16(22)19(14)2/h9-12,18H,4-7H2,1-3H3. The lowest BCUT2D eigenvalue weighted by Gasteiger charge is -2.30. The van der Waals surface area contributed by atoms with Crippen LogP contribution in [0.15, 0.2) is 9.59 Å². The molecule has 2 saturated carbocycles. The number of rotatable bonds is 3. The first-order valence-corrected chi connectivity index (χ1v) is 7.90. The summed E-state index contributed by atoms with van der Waals surface area (Å²) in [6.07, 6.45) is 5.13. The van der Waals surface area contributed by atoms with E-state index in [1.165, 1.54) is 37.3 Å². The summed E-state index contributed by atoms with van der Waals surface area (Å²) in [5.74, 6) is 2.49. The second-order valence-electron chi connectivity index (χ2n) is 6.81. The van der Waals surface area contributed by atoms with E-state index in [2.05, 4.69) is 12.2 Å². The number of hydrogen-bond acceptors (Lipinski definition) is 4. The van der Waals surface area contributed by atoms with Crippen molar-refractivity contribution in [2.45, 2.75) is 38.6 Å². The van der Waals surface area contributed by atoms with E-state index in [-0.39, 0.29) is 11.6 Å². The van der Waals surface area contributed by atoms with Gasteiger partial charge in [0.2, 0.25) is 0 Å². The molecule has 1 heterocycles. The molecule has 0 aromatic carbocycles. The third-order valence-electron chi connectivity index (χ3n) is 5.58. The normalized spacial score (nSPS) is 27.6. The van der Waals surface area contributed by atoms with Crippen LogP contribution < -0.4 is 16.6 Å². The number of fused-ring (bicyclic) bond motifs is 2. The van der Waals surface area contributed by atoms with Crippen LogP contribution in [0.5, 0.6) is 0 Å². The highest BCUT2D eigenvalue weighted by Crippen LogP contribution is 2.49. The maximum atomic E-state index is 12.1. The molecule has 0 saturated heterocycles. The Balaban J connectivity index is 1.94. The first kappa shape index (κ1) is 14.9. The Kier molecular flexibility index (Phi) is 3.59. The van der Waals surface area contributed by atoms with Crippen LogP contribution >= 0.6 is 0 Å². The molecule has 2 aliphatic rings. The first-order chi connectivity index (χ1) is 10.4. The molecular formula is C16H22N4O2. The van der Waals surface area contributed by atoms with E-state index in [1.807, 2.05) is 6.07 Å². The van der Waals surface area contributed by atoms with Gasteiger partial charge in [-0.1, -0.05) is 6.42 Å². The van der Waals surface area contributed by atoms with Crippen LogP contribution in [0.4, 0.5) is 5.82 Å². The number of nitrogens with one attached hydrogen (secondary N) is 1. The van der Waals surface area contributed by atoms with Crippen LogP contribution in [-0.4, -0.2) is 15.2 Å². The summed E-state index contributed by atoms with van der Waals surface area (Å²) in [6.45, 7) is 2.09. The minimum absolute atomic E-state index is 0.0135. The predicted molar refractivity (Wildman–Crippen MR) is 83.7 cm³/mol. The third kappa shape index (κ3) is 2.16. The quantitative estimate of drug-likeness (QED) is 0.909. The van der Waals surface area contributed by atoms with Crippen LogP contribution in [-0.2, 0) is 14.1 Å². The summed E-state index contributed by atoms with van der Waals surface area (Å²) in [5.41, 5.74) is -0.931. The molecule has 6 heteroatoms. The van der Waals surface area contributed by atoms with E-state index in [1.54, 1.807) is 7.05 Å². The minimum Gasteiger partial charge on any atom is -0.367 e. The smallest absolute Gasteiger partial charge is 0.332 e. The summed E-state index contributed by atoms with van der Waals surface area (Å²) in [6, 6.07) is 2.10. The fourth-order valence-electron chi connectivity index (χ4n) is 4.34. The highest BCUT2D eigenvalue weighted by molar-refractivity contribution is 5.51. The van der Waals surface area contributed by atoms with E-state index in [0.29, 0.717) is 11.7 Å². The molecule has 2 bridgehead atoms. The number of hydrogen-bond donors (Lipinski definition) is 1. The lowest BCUT2D eigenvalue weighted by molar-refractivity contribution is 0.303. The van der Waals surface area contributed by atoms with Gasteiger partial charge < -0.3 is 5.32 Å². The number of aromatic nitrogens is 2. The van der Waals surface area contributed by atoms with Crippen molar-refractivity contribution in [3.63, 3.8) is 0 Å². The maximum absolute atomic E-state index is 12.1. The Bertz CT molecular complexity index is 755. The van der Waals surface area contributed by atoms with E-state index in [4.69, 9.17) is 0 Å². The Labute approximate surface area is 129 Å². The lowest BCUT2D eigenvalue weighted by Crippen LogP contribution is -2.41. The molecule has 0 radical (unpaired) electrons. The van der Waals surface area contributed by atoms with E-state index >= 15 is 0 Å². The van der Waals surface area contributed by atoms with Crippen molar-refractivity contribution in [1.29, 1.82) is 5.26 Å². The summed E-state index contributed by atoms with van der Waals surface area (Å²) in [7, 11) is 2.99. The third-order valence-corrected chi connectivity index (χ3v) is 5.58. The molecular weight excluding hydrogens is 280 g/mol. The molecule has 118 valence electrons. The van der Waals surface area contributed by atoms with Crippen molar-refractivity contribution in [2.24, 2.45) is 31.8 Å². The lowest BCUT2D eigenvalue weighted by atomic mass is 9.84. The summed E-state index contributed by atoms with van der Waals surface area (Å²) in [4.78, 5) is 24.2. The zero-order chi connectivity index (χ0) is 16.0. The molecule has 4 unspecified atom stereocenters. The molecule has 1 aromatic heterocycles. The maximum Gasteiger partial charge on any atom is 0.332 e. The molecule has 0 spiro atoms. The van der Waals surface area contributed by atoms with Gasteiger partial charge in [0.15, 0.2) is 5.56 Å². The van der Waals surface area contributed by atoms with E-state index < -0.39 is 11.2 Å². The minimum atomic E-state index is -0.534. The van der Waals surface area contributed by atoms with Gasteiger partial charge >= 0.3 is 5.69 Å². The van der Waals surface area contributed by atoms with Gasteiger partial charge in [0, 0.05) is 20.1 Å². The fourth-order valence-corrected chi connectivity index (χ4v) is 4.34. The van der Waals surface area contributed by atoms with Gasteiger partial charge in [-0.25, -0.2) is 4.79 Å². The Morgan fingerprint density at radius 2 is 1.95 bits per heavy atom. The molecule has 6 nitrogen and oxygen atoms in total. The van der Waals surface area contributed by atoms with Gasteiger partial charge in [0.1, 0.15) is 11.9 Å². The van der Waals surface area contributed by atoms with Gasteiger partial charge in [-0.15, -0.1) is 0 Å². The molecule has 4 atom stereocenters. The van der Waals surface area contributed by atoms with Crippen LogP contribution in [0, 0.1) is 29.1 Å². The first-order valence-electron chi connectivity index (χ1n) is 7.90. The second-order valence-corrected chi connectivity index (χ2v) is 6.81. The van der Waals surface area contributed by atoms with Crippen molar-refractivity contribution in [3.05, 3.63) is 26.4 Å². The molecule has 0 amide bonds. The predicted octanol–water partition coefficient (Wildman–Crippen LogP) is 1.19. The average molecular weight is 302 g/mol. The molecule has 22 heavy (non-hydrogen) atoms. The zero-order valence-electron chi connectivity index (χ0n) is 13.3. The molecule has 0 aliphatic heterocycles. The number of nitrogens with zero attached hydrogens (tertiary/aromatic N) is 3. The summed E-state index contributed by atoms with van der Waals surface area (Å²) >= 11 is 0. The zero-order valence-corrected chi connectivity index (χ0v) is 13.3. The highest BCUT2D eigenvalue weighted by Gasteiger charge is 2.42. The fraction of sp³-hybridized carbons (Fsp3) is 0.688. The van der Waals surface area contributed by atoms with Crippen LogP contribution in [0.2, 0.25) is 0 Å². The molecule has 2 aliphatic carbocycles. The van der Waals surface area contributed by atoms with Gasteiger partial charge in [-0.3, -0.25) is 13.9 Å². The van der Waals surface area contributed by atoms with Crippen molar-refractivity contribution in [2.75, 3.05) is 5.32 Å². The van der Waals surface area contributed by atoms with Crippen molar-refractivity contribution < 1.29 is 0 Å². The molecule has 1 aromatic rings. The number of nitriles is 1. The van der Waals surface area contributed by atoms with Gasteiger partial charge in [0.05, 0.1) is 0 Å². The Hall–Kier alpha value is -2.03. The number of anilines is 1. The summed E-state index contributed by atoms with van der Waals surface area (Å²) < 4.78 is 2.34. The van der Waals surface area contributed by atoms with E-state index in [9.17, 15) is 14.9 Å².